The summed E-state index contributed by atoms with van der Waals surface area (Å²) in [6, 6.07) is 11.8. The number of carbonyl (C=O) groups excluding carboxylic acids is 1. The predicted molar refractivity (Wildman–Crippen MR) is 87.0 cm³/mol. The first-order chi connectivity index (χ1) is 10.6. The summed E-state index contributed by atoms with van der Waals surface area (Å²) in [7, 11) is 0. The molecule has 0 fully saturated rings. The van der Waals surface area contributed by atoms with Gasteiger partial charge in [-0.25, -0.2) is 4.39 Å². The van der Waals surface area contributed by atoms with E-state index in [1.54, 1.807) is 0 Å². The highest BCUT2D eigenvalue weighted by Gasteiger charge is 2.14. The molecule has 22 heavy (non-hydrogen) atoms. The van der Waals surface area contributed by atoms with E-state index in [0.717, 1.165) is 17.4 Å². The topological polar surface area (TPSA) is 34.0 Å². The van der Waals surface area contributed by atoms with Crippen LogP contribution >= 0.6 is 11.6 Å². The maximum absolute atomic E-state index is 13.2. The second-order valence-electron chi connectivity index (χ2n) is 4.93. The van der Waals surface area contributed by atoms with E-state index in [-0.39, 0.29) is 10.9 Å². The quantitative estimate of drug-likeness (QED) is 0.746. The Morgan fingerprint density at radius 1 is 1.27 bits per heavy atom. The number of nitrogens with one attached hydrogen (secondary N) is 1. The van der Waals surface area contributed by atoms with Crippen molar-refractivity contribution in [3.8, 4) is 0 Å². The Morgan fingerprint density at radius 3 is 2.77 bits per heavy atom. The number of nitrogens with zero attached hydrogens (tertiary/aromatic N) is 1. The molecule has 3 nitrogen and oxygen atoms in total. The minimum Gasteiger partial charge on any atom is -0.347 e. The van der Waals surface area contributed by atoms with Crippen molar-refractivity contribution in [2.24, 2.45) is 0 Å². The van der Waals surface area contributed by atoms with Crippen molar-refractivity contribution in [1.82, 2.24) is 4.57 Å². The number of hydrogen-bond acceptors (Lipinski definition) is 1. The fraction of sp³-hybridized carbons (Fsp3) is 0.118. The Labute approximate surface area is 132 Å². The van der Waals surface area contributed by atoms with Gasteiger partial charge in [-0.05, 0) is 31.2 Å². The van der Waals surface area contributed by atoms with E-state index in [1.807, 2.05) is 42.0 Å². The molecule has 0 bridgehead atoms. The first-order valence-corrected chi connectivity index (χ1v) is 7.32. The molecule has 0 atom stereocenters. The number of fused-ring (bicyclic) bond motifs is 1. The molecule has 1 amide bonds. The van der Waals surface area contributed by atoms with Crippen LogP contribution in [0, 0.1) is 5.82 Å². The predicted octanol–water partition coefficient (Wildman–Crippen LogP) is 4.71. The van der Waals surface area contributed by atoms with E-state index in [4.69, 9.17) is 11.6 Å². The second-order valence-corrected chi connectivity index (χ2v) is 5.34. The molecule has 2 aromatic carbocycles. The van der Waals surface area contributed by atoms with E-state index < -0.39 is 5.82 Å². The van der Waals surface area contributed by atoms with Crippen molar-refractivity contribution < 1.29 is 9.18 Å². The van der Waals surface area contributed by atoms with Crippen LogP contribution in [0.4, 0.5) is 10.1 Å². The summed E-state index contributed by atoms with van der Waals surface area (Å²) in [6.07, 6.45) is 1.82. The summed E-state index contributed by atoms with van der Waals surface area (Å²) in [5.41, 5.74) is 2.05. The highest BCUT2D eigenvalue weighted by molar-refractivity contribution is 6.31. The van der Waals surface area contributed by atoms with E-state index in [0.29, 0.717) is 11.3 Å². The van der Waals surface area contributed by atoms with Crippen molar-refractivity contribution in [3.63, 3.8) is 0 Å². The number of amides is 1. The van der Waals surface area contributed by atoms with Gasteiger partial charge < -0.3 is 9.88 Å². The third-order valence-electron chi connectivity index (χ3n) is 3.55. The molecule has 0 aliphatic heterocycles. The van der Waals surface area contributed by atoms with Crippen molar-refractivity contribution in [3.05, 3.63) is 65.1 Å². The number of para-hydroxylation sites is 1. The van der Waals surface area contributed by atoms with E-state index in [1.165, 1.54) is 18.2 Å². The van der Waals surface area contributed by atoms with Crippen LogP contribution in [0.15, 0.2) is 48.7 Å². The van der Waals surface area contributed by atoms with Gasteiger partial charge in [0.25, 0.3) is 5.91 Å². The number of anilines is 1. The molecule has 0 aliphatic rings. The molecule has 0 spiro atoms. The van der Waals surface area contributed by atoms with Gasteiger partial charge in [-0.15, -0.1) is 0 Å². The minimum atomic E-state index is -0.512. The fourth-order valence-electron chi connectivity index (χ4n) is 2.46. The molecule has 5 heteroatoms. The Balaban J connectivity index is 1.97. The number of carbonyl (C=O) groups is 1. The minimum absolute atomic E-state index is 0.0196. The van der Waals surface area contributed by atoms with Crippen LogP contribution in [0.5, 0.6) is 0 Å². The number of halogens is 2. The van der Waals surface area contributed by atoms with E-state index in [2.05, 4.69) is 5.32 Å². The van der Waals surface area contributed by atoms with E-state index >= 15 is 0 Å². The average Bonchev–Trinajstić information content (AvgIpc) is 2.90. The number of aryl methyl sites for hydroxylation is 1. The van der Waals surface area contributed by atoms with Gasteiger partial charge in [-0.3, -0.25) is 4.79 Å². The summed E-state index contributed by atoms with van der Waals surface area (Å²) in [5.74, 6) is -0.756. The van der Waals surface area contributed by atoms with Crippen LogP contribution in [0.3, 0.4) is 0 Å². The molecule has 1 heterocycles. The van der Waals surface area contributed by atoms with Crippen LogP contribution in [0.1, 0.15) is 17.3 Å². The highest BCUT2D eigenvalue weighted by atomic mass is 35.5. The fourth-order valence-corrected chi connectivity index (χ4v) is 2.64. The maximum atomic E-state index is 13.2. The van der Waals surface area contributed by atoms with Crippen molar-refractivity contribution >= 4 is 34.1 Å². The molecule has 3 rings (SSSR count). The summed E-state index contributed by atoms with van der Waals surface area (Å²) >= 11 is 5.73. The number of aromatic nitrogens is 1. The highest BCUT2D eigenvalue weighted by Crippen LogP contribution is 2.24. The lowest BCUT2D eigenvalue weighted by molar-refractivity contribution is 0.102. The van der Waals surface area contributed by atoms with Crippen LogP contribution in [0.2, 0.25) is 5.02 Å². The average molecular weight is 317 g/mol. The van der Waals surface area contributed by atoms with Gasteiger partial charge in [0, 0.05) is 29.3 Å². The van der Waals surface area contributed by atoms with Crippen LogP contribution in [-0.4, -0.2) is 10.5 Å². The Morgan fingerprint density at radius 2 is 2.05 bits per heavy atom. The Kier molecular flexibility index (Phi) is 3.86. The molecule has 1 N–H and O–H groups in total. The lowest BCUT2D eigenvalue weighted by atomic mass is 10.1. The molecular weight excluding hydrogens is 303 g/mol. The van der Waals surface area contributed by atoms with Crippen LogP contribution in [-0.2, 0) is 6.54 Å². The van der Waals surface area contributed by atoms with Gasteiger partial charge in [-0.1, -0.05) is 29.8 Å². The summed E-state index contributed by atoms with van der Waals surface area (Å²) in [6.45, 7) is 2.80. The van der Waals surface area contributed by atoms with Gasteiger partial charge in [0.1, 0.15) is 5.82 Å². The summed E-state index contributed by atoms with van der Waals surface area (Å²) in [5, 5.41) is 3.62. The maximum Gasteiger partial charge on any atom is 0.257 e. The van der Waals surface area contributed by atoms with Crippen LogP contribution in [0.25, 0.3) is 10.9 Å². The smallest absolute Gasteiger partial charge is 0.257 e. The number of hydrogen-bond donors (Lipinski definition) is 1. The van der Waals surface area contributed by atoms with E-state index in [9.17, 15) is 9.18 Å². The first-order valence-electron chi connectivity index (χ1n) is 6.94. The molecule has 1 aromatic heterocycles. The summed E-state index contributed by atoms with van der Waals surface area (Å²) in [4.78, 5) is 12.5. The van der Waals surface area contributed by atoms with Gasteiger partial charge >= 0.3 is 0 Å². The SMILES string of the molecule is CCn1cc(C(=O)Nc2ccc(F)c(Cl)c2)c2ccccc21. The molecule has 0 saturated heterocycles. The molecule has 0 unspecified atom stereocenters. The van der Waals surface area contributed by atoms with Gasteiger partial charge in [0.2, 0.25) is 0 Å². The third-order valence-corrected chi connectivity index (χ3v) is 3.84. The van der Waals surface area contributed by atoms with Crippen molar-refractivity contribution in [1.29, 1.82) is 0 Å². The van der Waals surface area contributed by atoms with Gasteiger partial charge in [-0.2, -0.15) is 0 Å². The van der Waals surface area contributed by atoms with Gasteiger partial charge in [0.15, 0.2) is 0 Å². The molecule has 0 radical (unpaired) electrons. The standard InChI is InChI=1S/C17H14ClFN2O/c1-2-21-10-13(12-5-3-4-6-16(12)21)17(22)20-11-7-8-15(19)14(18)9-11/h3-10H,2H2,1H3,(H,20,22). The Hall–Kier alpha value is -2.33. The zero-order valence-corrected chi connectivity index (χ0v) is 12.7. The zero-order valence-electron chi connectivity index (χ0n) is 11.9. The molecule has 3 aromatic rings. The second kappa shape index (κ2) is 5.81. The first kappa shape index (κ1) is 14.6. The van der Waals surface area contributed by atoms with Crippen molar-refractivity contribution in [2.75, 3.05) is 5.32 Å². The molecule has 112 valence electrons. The van der Waals surface area contributed by atoms with Gasteiger partial charge in [0.05, 0.1) is 10.6 Å². The lowest BCUT2D eigenvalue weighted by Gasteiger charge is -2.05. The van der Waals surface area contributed by atoms with Crippen molar-refractivity contribution in [2.45, 2.75) is 13.5 Å². The number of rotatable bonds is 3. The lowest BCUT2D eigenvalue weighted by Crippen LogP contribution is -2.11. The number of benzene rings is 2. The largest absolute Gasteiger partial charge is 0.347 e. The molecule has 0 aliphatic carbocycles. The Bertz CT molecular complexity index is 857. The third kappa shape index (κ3) is 2.57. The summed E-state index contributed by atoms with van der Waals surface area (Å²) < 4.78 is 15.2. The van der Waals surface area contributed by atoms with Crippen LogP contribution < -0.4 is 5.32 Å². The zero-order chi connectivity index (χ0) is 15.7. The monoisotopic (exact) mass is 316 g/mol. The normalized spacial score (nSPS) is 10.9. The molecular formula is C17H14ClFN2O. The molecule has 0 saturated carbocycles.